The number of hydrogen-bond acceptors (Lipinski definition) is 4. The fourth-order valence-electron chi connectivity index (χ4n) is 4.51. The number of rotatable bonds is 3. The highest BCUT2D eigenvalue weighted by atomic mass is 33.6. The van der Waals surface area contributed by atoms with Gasteiger partial charge < -0.3 is 9.73 Å². The Morgan fingerprint density at radius 3 is 0.512 bits per heavy atom. The highest BCUT2D eigenvalue weighted by Crippen LogP contribution is 2.35. The maximum atomic E-state index is 5.97. The molecule has 0 saturated heterocycles. The van der Waals surface area contributed by atoms with Gasteiger partial charge in [-0.25, -0.2) is 0 Å². The molecule has 0 aliphatic rings. The van der Waals surface area contributed by atoms with Crippen molar-refractivity contribution in [3.05, 3.63) is 97.1 Å². The molecule has 103 heteroatoms. The van der Waals surface area contributed by atoms with Crippen molar-refractivity contribution in [1.29, 1.82) is 0 Å². The van der Waals surface area contributed by atoms with E-state index < -0.39 is 0 Å². The number of nitrogens with one attached hydrogen (secondary N) is 1. The molecule has 0 unspecified atom stereocenters. The van der Waals surface area contributed by atoms with E-state index in [1.54, 1.807) is 107 Å². The van der Waals surface area contributed by atoms with Crippen LogP contribution in [0.3, 0.4) is 0 Å². The maximum Gasteiger partial charge on any atom is 0.137 e. The summed E-state index contributed by atoms with van der Waals surface area (Å²) in [5.74, 6) is 0. The fourth-order valence-corrected chi connectivity index (χ4v) is 271. The summed E-state index contributed by atoms with van der Waals surface area (Å²) in [7, 11) is 179. The Labute approximate surface area is 1020 Å². The molecule has 0 amide bonds. The summed E-state index contributed by atoms with van der Waals surface area (Å²) in [5.41, 5.74) is 6.36. The van der Waals surface area contributed by atoms with Gasteiger partial charge in [0.25, 0.3) is 0 Å². The molecule has 0 bridgehead atoms. The van der Waals surface area contributed by atoms with Gasteiger partial charge in [-0.1, -0.05) is 66.7 Å². The van der Waals surface area contributed by atoms with Crippen molar-refractivity contribution in [1.82, 2.24) is 0 Å². The number of anilines is 2. The van der Waals surface area contributed by atoms with Crippen LogP contribution >= 0.6 is 0 Å². The molecule has 0 fully saturated rings. The summed E-state index contributed by atoms with van der Waals surface area (Å²) < 4.78 is 5.97. The monoisotopic (exact) mass is 3560 g/mol. The van der Waals surface area contributed by atoms with Gasteiger partial charge in [0.05, 0.1) is 11.1 Å². The molecular weight excluding hydrogens is 3560 g/mol. The summed E-state index contributed by atoms with van der Waals surface area (Å²) in [6.45, 7) is 0. The molecule has 0 radical (unpaired) electrons. The van der Waals surface area contributed by atoms with Crippen LogP contribution in [0.15, 0.2) is 101 Å². The van der Waals surface area contributed by atoms with Crippen LogP contribution in [0.1, 0.15) is 0 Å². The van der Waals surface area contributed by atoms with Gasteiger partial charge in [-0.2, -0.15) is 0 Å². The van der Waals surface area contributed by atoms with Crippen molar-refractivity contribution < 1.29 is 4.42 Å². The third kappa shape index (κ3) is 95.4. The molecule has 0 aliphatic heterocycles. The van der Waals surface area contributed by atoms with Crippen LogP contribution in [0.5, 0.6) is 0 Å². The number of hydrogen-bond donors (Lipinski definition) is 1. The minimum atomic E-state index is 0.900. The lowest BCUT2D eigenvalue weighted by Gasteiger charge is -2.09. The number of benzene rings is 4. The Morgan fingerprint density at radius 1 is 0.150 bits per heavy atom. The summed E-state index contributed by atoms with van der Waals surface area (Å²) >= 11 is 9.66. The Kier molecular flexibility index (Phi) is 127. The van der Waals surface area contributed by atoms with E-state index in [0.717, 1.165) is 33.3 Å². The van der Waals surface area contributed by atoms with Gasteiger partial charge in [-0.05, 0) is 41.5 Å². The zero-order valence-electron chi connectivity index (χ0n) is 55.4. The minimum Gasteiger partial charge on any atom is -0.456 e. The zero-order valence-corrected chi connectivity index (χ0v) is 138. The van der Waals surface area contributed by atoms with E-state index in [-0.39, 0.29) is 0 Å². The molecule has 0 aliphatic carbocycles. The summed E-state index contributed by atoms with van der Waals surface area (Å²) in [6, 6.07) is 33.2. The molecule has 127 heavy (non-hydrogen) atoms. The SMILES string of the molecule is S=S=S=S=S=S=S=S=S=S=S=S=S=S=S=S=S=S=S=S=S=S=S=S=S=S=S=S=S=S=S=S=S=S=S=S=S=S=S=S=S=S=S=S=S=S=S=S=S=S=S=S=S=S=S=S=S=S=S=S=S=S=S=S=S=S=S=S=S=S=S=S=S=S=S=S=S=S=S=S=S=S=S=S=S=S=S=S=S=S=S=S=S=S=S=S=S=S=S=S=S.c1ccc(-c2ccc(Nc3cccc4oc5ccccc5c34)cc2)cc1. The first-order valence-electron chi connectivity index (χ1n) is 25.4. The number of fused-ring (bicyclic) bond motifs is 3. The van der Waals surface area contributed by atoms with Crippen LogP contribution in [0, 0.1) is 0 Å². The quantitative estimate of drug-likeness (QED) is 0.217. The third-order valence-electron chi connectivity index (χ3n) is 7.40. The first-order valence-corrected chi connectivity index (χ1v) is 159. The standard InChI is InChI=1S/C24H17NO.S101/c1-2-7-17(8-3-1)18-13-15-19(16-14-18)25-21-10-6-12-23-24(21)20-9-4-5-11-22(20)26-23;1-3-5-7-9-11-13-15-17-19-21-23-25-27-29-31-33-35-37-39-41-43-45-47-49-51-53-55-57-59-61-63-65-67-69-71-73-75-77-79-81-83-85-87-89-91-93-95-97-99-101-100-98-96-94-92-90-88-86-84-82-80-78-76-74-72-70-68-66-64-62-60-58-56-54-52-50-48-46-44-42-40-38-36-34-32-30-28-26-24-22-20-18-16-14-12-10-8-6-4-2/h1-16,25H;. The molecular formula is C24H17NOS101. The van der Waals surface area contributed by atoms with Gasteiger partial charge in [-0.3, -0.25) is 0 Å². The normalized spacial score (nSPS) is 8.54. The average Bonchev–Trinajstić information content (AvgIpc) is 1.63. The predicted octanol–water partition coefficient (Wildman–Crippen LogP) is 6.75. The van der Waals surface area contributed by atoms with Gasteiger partial charge >= 0.3 is 0 Å². The topological polar surface area (TPSA) is 25.2 Å². The third-order valence-corrected chi connectivity index (χ3v) is 225. The number of para-hydroxylation sites is 1. The Morgan fingerprint density at radius 2 is 0.315 bits per heavy atom. The molecule has 4 aromatic carbocycles. The lowest BCUT2D eigenvalue weighted by atomic mass is 10.1. The lowest BCUT2D eigenvalue weighted by Crippen LogP contribution is -1.90. The van der Waals surface area contributed by atoms with Crippen LogP contribution in [0.2, 0.25) is 0 Å². The van der Waals surface area contributed by atoms with E-state index in [4.69, 9.17) is 26.8 Å². The average molecular weight is 3570 g/mol. The molecule has 1 aromatic heterocycles. The molecule has 2 nitrogen and oxygen atoms in total. The summed E-state index contributed by atoms with van der Waals surface area (Å²) in [5, 5.41) is 5.80. The van der Waals surface area contributed by atoms with Gasteiger partial charge in [0, 0.05) is 913 Å². The minimum absolute atomic E-state index is 0.900. The second-order valence-electron chi connectivity index (χ2n) is 13.1. The van der Waals surface area contributed by atoms with Crippen molar-refractivity contribution >= 4 is 935 Å². The fraction of sp³-hybridized carbons (Fsp3) is 0. The van der Waals surface area contributed by atoms with Gasteiger partial charge in [0.2, 0.25) is 0 Å². The van der Waals surface area contributed by atoms with Crippen molar-refractivity contribution in [2.75, 3.05) is 5.32 Å². The molecule has 5 rings (SSSR count). The number of furan rings is 1. The maximum absolute atomic E-state index is 5.97. The van der Waals surface area contributed by atoms with E-state index in [1.165, 1.54) is 28.9 Å². The molecule has 1 heterocycles. The van der Waals surface area contributed by atoms with Crippen LogP contribution in [0.25, 0.3) is 33.1 Å². The largest absolute Gasteiger partial charge is 0.456 e. The van der Waals surface area contributed by atoms with Crippen LogP contribution in [-0.4, -0.2) is 0 Å². The van der Waals surface area contributed by atoms with Crippen LogP contribution in [-0.2, 0) is 902 Å². The van der Waals surface area contributed by atoms with Gasteiger partial charge in [0.1, 0.15) is 11.2 Å². The van der Waals surface area contributed by atoms with Crippen molar-refractivity contribution in [3.63, 3.8) is 0 Å². The summed E-state index contributed by atoms with van der Waals surface area (Å²) in [6.07, 6.45) is 0. The van der Waals surface area contributed by atoms with E-state index in [0.29, 0.717) is 0 Å². The second-order valence-corrected chi connectivity index (χ2v) is 188. The molecule has 5 aromatic rings. The zero-order chi connectivity index (χ0) is 89.4. The summed E-state index contributed by atoms with van der Waals surface area (Å²) in [4.78, 5) is 0. The molecule has 730 valence electrons. The highest BCUT2D eigenvalue weighted by Gasteiger charge is 2.10. The van der Waals surface area contributed by atoms with Crippen LogP contribution < -0.4 is 5.32 Å². The molecule has 0 saturated carbocycles. The highest BCUT2D eigenvalue weighted by molar-refractivity contribution is 8.87. The van der Waals surface area contributed by atoms with Crippen molar-refractivity contribution in [2.24, 2.45) is 0 Å². The first-order chi connectivity index (χ1) is 63.3. The van der Waals surface area contributed by atoms with Crippen molar-refractivity contribution in [2.45, 2.75) is 0 Å². The van der Waals surface area contributed by atoms with Crippen LogP contribution in [0.4, 0.5) is 11.4 Å². The van der Waals surface area contributed by atoms with Gasteiger partial charge in [-0.15, -0.1) is 0 Å². The Hall–Kier alpha value is 18.7. The Bertz CT molecular complexity index is 9640. The Balaban J connectivity index is 0.00000108. The van der Waals surface area contributed by atoms with E-state index in [1.807, 2.05) is 791 Å². The molecule has 1 N–H and O–H groups in total. The van der Waals surface area contributed by atoms with E-state index >= 15 is 0 Å². The lowest BCUT2D eigenvalue weighted by molar-refractivity contribution is 0.669. The molecule has 0 spiro atoms. The second kappa shape index (κ2) is 117. The predicted molar refractivity (Wildman–Crippen MR) is 853 cm³/mol. The molecule has 0 atom stereocenters. The first kappa shape index (κ1) is 138. The smallest absolute Gasteiger partial charge is 0.137 e. The van der Waals surface area contributed by atoms with E-state index in [2.05, 4.69) is 66.0 Å². The van der Waals surface area contributed by atoms with Crippen molar-refractivity contribution in [3.8, 4) is 11.1 Å². The van der Waals surface area contributed by atoms with E-state index in [9.17, 15) is 0 Å². The van der Waals surface area contributed by atoms with Gasteiger partial charge in [0.15, 0.2) is 0 Å².